The van der Waals surface area contributed by atoms with Gasteiger partial charge in [0.25, 0.3) is 5.91 Å². The molecule has 100 valence electrons. The largest absolute Gasteiger partial charge is 0.481 e. The van der Waals surface area contributed by atoms with Crippen LogP contribution in [0.15, 0.2) is 12.1 Å². The van der Waals surface area contributed by atoms with E-state index in [-0.39, 0.29) is 23.8 Å². The molecule has 0 spiro atoms. The van der Waals surface area contributed by atoms with Crippen molar-refractivity contribution in [1.29, 1.82) is 0 Å². The Morgan fingerprint density at radius 1 is 1.39 bits per heavy atom. The molecule has 1 aromatic heterocycles. The normalized spacial score (nSPS) is 13.1. The summed E-state index contributed by atoms with van der Waals surface area (Å²) in [4.78, 5) is 24.5. The first-order valence-corrected chi connectivity index (χ1v) is 6.61. The number of carbonyl (C=O) groups is 2. The van der Waals surface area contributed by atoms with E-state index in [0.717, 1.165) is 4.88 Å². The molecule has 0 aromatic carbocycles. The monoisotopic (exact) mass is 269 g/mol. The maximum absolute atomic E-state index is 12.0. The third kappa shape index (κ3) is 4.14. The van der Waals surface area contributed by atoms with Gasteiger partial charge in [0.15, 0.2) is 0 Å². The van der Waals surface area contributed by atoms with Crippen LogP contribution < -0.4 is 5.32 Å². The van der Waals surface area contributed by atoms with E-state index in [0.29, 0.717) is 4.88 Å². The molecule has 1 rings (SSSR count). The summed E-state index contributed by atoms with van der Waals surface area (Å²) >= 11 is 1.41. The minimum atomic E-state index is -0.905. The van der Waals surface area contributed by atoms with Crippen molar-refractivity contribution in [1.82, 2.24) is 5.32 Å². The second-order valence-corrected chi connectivity index (χ2v) is 6.69. The van der Waals surface area contributed by atoms with Crippen molar-refractivity contribution in [3.63, 3.8) is 0 Å². The van der Waals surface area contributed by atoms with Crippen molar-refractivity contribution < 1.29 is 14.7 Å². The van der Waals surface area contributed by atoms with E-state index in [4.69, 9.17) is 5.11 Å². The number of nitrogens with one attached hydrogen (secondary N) is 1. The van der Waals surface area contributed by atoms with E-state index in [2.05, 4.69) is 5.32 Å². The topological polar surface area (TPSA) is 66.4 Å². The number of carboxylic acids is 1. The third-order valence-corrected chi connectivity index (χ3v) is 3.69. The molecule has 0 bridgehead atoms. The van der Waals surface area contributed by atoms with Crippen LogP contribution in [0, 0.1) is 12.3 Å². The van der Waals surface area contributed by atoms with Gasteiger partial charge in [0.2, 0.25) is 0 Å². The molecule has 1 amide bonds. The highest BCUT2D eigenvalue weighted by Gasteiger charge is 2.28. The van der Waals surface area contributed by atoms with Gasteiger partial charge >= 0.3 is 5.97 Å². The Morgan fingerprint density at radius 3 is 2.39 bits per heavy atom. The van der Waals surface area contributed by atoms with Crippen LogP contribution in [-0.4, -0.2) is 23.0 Å². The lowest BCUT2D eigenvalue weighted by molar-refractivity contribution is -0.138. The molecule has 2 N–H and O–H groups in total. The van der Waals surface area contributed by atoms with Crippen molar-refractivity contribution in [2.24, 2.45) is 5.41 Å². The molecule has 0 saturated heterocycles. The first kappa shape index (κ1) is 14.7. The summed E-state index contributed by atoms with van der Waals surface area (Å²) in [7, 11) is 0. The molecule has 0 aliphatic carbocycles. The summed E-state index contributed by atoms with van der Waals surface area (Å²) in [6.45, 7) is 7.68. The van der Waals surface area contributed by atoms with Crippen molar-refractivity contribution >= 4 is 23.2 Å². The number of rotatable bonds is 4. The highest BCUT2D eigenvalue weighted by Crippen LogP contribution is 2.23. The Kier molecular flexibility index (Phi) is 4.51. The molecule has 1 atom stereocenters. The molecule has 18 heavy (non-hydrogen) atoms. The van der Waals surface area contributed by atoms with E-state index in [1.54, 1.807) is 6.07 Å². The van der Waals surface area contributed by atoms with E-state index in [1.807, 2.05) is 33.8 Å². The van der Waals surface area contributed by atoms with Crippen LogP contribution in [-0.2, 0) is 4.79 Å². The maximum Gasteiger partial charge on any atom is 0.305 e. The first-order chi connectivity index (χ1) is 8.20. The molecule has 0 aliphatic rings. The lowest BCUT2D eigenvalue weighted by Gasteiger charge is -2.30. The van der Waals surface area contributed by atoms with Crippen molar-refractivity contribution in [2.75, 3.05) is 0 Å². The summed E-state index contributed by atoms with van der Waals surface area (Å²) in [5.41, 5.74) is -0.291. The summed E-state index contributed by atoms with van der Waals surface area (Å²) < 4.78 is 0. The molecule has 1 unspecified atom stereocenters. The molecule has 0 aliphatic heterocycles. The van der Waals surface area contributed by atoms with Crippen LogP contribution in [0.1, 0.15) is 41.7 Å². The standard InChI is InChI=1S/C13H19NO3S/c1-8-5-6-9(18-8)12(17)14-10(7-11(15)16)13(2,3)4/h5-6,10H,7H2,1-4H3,(H,14,17)(H,15,16). The van der Waals surface area contributed by atoms with Gasteiger partial charge in [0, 0.05) is 10.9 Å². The van der Waals surface area contributed by atoms with Gasteiger partial charge in [0.05, 0.1) is 11.3 Å². The SMILES string of the molecule is Cc1ccc(C(=O)NC(CC(=O)O)C(C)(C)C)s1. The number of aliphatic carboxylic acids is 1. The second-order valence-electron chi connectivity index (χ2n) is 5.40. The smallest absolute Gasteiger partial charge is 0.305 e. The number of thiophene rings is 1. The minimum Gasteiger partial charge on any atom is -0.481 e. The molecule has 0 radical (unpaired) electrons. The average molecular weight is 269 g/mol. The lowest BCUT2D eigenvalue weighted by atomic mass is 9.84. The molecule has 5 heteroatoms. The fraction of sp³-hybridized carbons (Fsp3) is 0.538. The van der Waals surface area contributed by atoms with Crippen LogP contribution >= 0.6 is 11.3 Å². The summed E-state index contributed by atoms with van der Waals surface area (Å²) in [5.74, 6) is -1.10. The van der Waals surface area contributed by atoms with Crippen molar-refractivity contribution in [3.8, 4) is 0 Å². The highest BCUT2D eigenvalue weighted by molar-refractivity contribution is 7.13. The minimum absolute atomic E-state index is 0.0698. The van der Waals surface area contributed by atoms with Gasteiger partial charge in [-0.05, 0) is 24.5 Å². The van der Waals surface area contributed by atoms with Crippen LogP contribution in [0.5, 0.6) is 0 Å². The van der Waals surface area contributed by atoms with Crippen LogP contribution in [0.2, 0.25) is 0 Å². The van der Waals surface area contributed by atoms with Crippen LogP contribution in [0.4, 0.5) is 0 Å². The molecular formula is C13H19NO3S. The number of aryl methyl sites for hydroxylation is 1. The molecule has 1 aromatic rings. The van der Waals surface area contributed by atoms with Crippen molar-refractivity contribution in [2.45, 2.75) is 40.2 Å². The van der Waals surface area contributed by atoms with E-state index in [1.165, 1.54) is 11.3 Å². The number of hydrogen-bond acceptors (Lipinski definition) is 3. The van der Waals surface area contributed by atoms with Gasteiger partial charge in [-0.1, -0.05) is 20.8 Å². The van der Waals surface area contributed by atoms with Gasteiger partial charge in [-0.25, -0.2) is 0 Å². The van der Waals surface area contributed by atoms with Crippen LogP contribution in [0.25, 0.3) is 0 Å². The van der Waals surface area contributed by atoms with E-state index >= 15 is 0 Å². The Morgan fingerprint density at radius 2 is 2.00 bits per heavy atom. The molecule has 1 heterocycles. The average Bonchev–Trinajstić information content (AvgIpc) is 2.61. The Balaban J connectivity index is 2.78. The first-order valence-electron chi connectivity index (χ1n) is 5.79. The fourth-order valence-electron chi connectivity index (χ4n) is 1.53. The number of carbonyl (C=O) groups excluding carboxylic acids is 1. The van der Waals surface area contributed by atoms with Gasteiger partial charge in [-0.15, -0.1) is 11.3 Å². The van der Waals surface area contributed by atoms with E-state index in [9.17, 15) is 9.59 Å². The Bertz CT molecular complexity index is 445. The number of carboxylic acid groups (broad SMARTS) is 1. The van der Waals surface area contributed by atoms with E-state index < -0.39 is 5.97 Å². The van der Waals surface area contributed by atoms with Gasteiger partial charge < -0.3 is 10.4 Å². The third-order valence-electron chi connectivity index (χ3n) is 2.69. The maximum atomic E-state index is 12.0. The van der Waals surface area contributed by atoms with Crippen molar-refractivity contribution in [3.05, 3.63) is 21.9 Å². The van der Waals surface area contributed by atoms with Gasteiger partial charge in [0.1, 0.15) is 0 Å². The fourth-order valence-corrected chi connectivity index (χ4v) is 2.30. The quantitative estimate of drug-likeness (QED) is 0.883. The van der Waals surface area contributed by atoms with Crippen LogP contribution in [0.3, 0.4) is 0 Å². The zero-order valence-corrected chi connectivity index (χ0v) is 11.9. The number of hydrogen-bond donors (Lipinski definition) is 2. The second kappa shape index (κ2) is 5.52. The molecule has 0 saturated carbocycles. The van der Waals surface area contributed by atoms with Gasteiger partial charge in [-0.3, -0.25) is 9.59 Å². The Hall–Kier alpha value is -1.36. The zero-order chi connectivity index (χ0) is 13.9. The Labute approximate surface area is 111 Å². The predicted octanol–water partition coefficient (Wildman–Crippen LogP) is 2.68. The predicted molar refractivity (Wildman–Crippen MR) is 72.0 cm³/mol. The summed E-state index contributed by atoms with van der Waals surface area (Å²) in [6.07, 6.45) is -0.0698. The number of amides is 1. The summed E-state index contributed by atoms with van der Waals surface area (Å²) in [6, 6.07) is 3.25. The van der Waals surface area contributed by atoms with Gasteiger partial charge in [-0.2, -0.15) is 0 Å². The highest BCUT2D eigenvalue weighted by atomic mass is 32.1. The molecule has 0 fully saturated rings. The zero-order valence-electron chi connectivity index (χ0n) is 11.1. The molecular weight excluding hydrogens is 250 g/mol. The molecule has 4 nitrogen and oxygen atoms in total. The summed E-state index contributed by atoms with van der Waals surface area (Å²) in [5, 5.41) is 11.7. The lowest BCUT2D eigenvalue weighted by Crippen LogP contribution is -2.44.